The first-order valence-corrected chi connectivity index (χ1v) is 8.33. The Morgan fingerprint density at radius 3 is 2.76 bits per heavy atom. The van der Waals surface area contributed by atoms with Crippen LogP contribution in [-0.2, 0) is 11.3 Å². The number of ether oxygens (including phenoxy) is 1. The molecule has 0 aliphatic carbocycles. The van der Waals surface area contributed by atoms with Crippen molar-refractivity contribution in [3.63, 3.8) is 0 Å². The summed E-state index contributed by atoms with van der Waals surface area (Å²) in [7, 11) is 0. The van der Waals surface area contributed by atoms with E-state index in [2.05, 4.69) is 15.4 Å². The molecule has 3 aromatic rings. The standard InChI is InChI=1S/C18H15N5O6/c24-17(25)3-5-22-11-12(9-20-22)18(26)21-13-6-14(23(27)28)8-16(7-13)29-15-2-1-4-19-10-15/h1-2,4,6-11H,3,5H2,(H,21,26)(H,24,25). The molecule has 148 valence electrons. The Morgan fingerprint density at radius 2 is 2.07 bits per heavy atom. The molecule has 0 atom stereocenters. The predicted molar refractivity (Wildman–Crippen MR) is 99.8 cm³/mol. The van der Waals surface area contributed by atoms with Gasteiger partial charge in [-0.15, -0.1) is 0 Å². The Hall–Kier alpha value is -4.28. The molecule has 0 aliphatic heterocycles. The van der Waals surface area contributed by atoms with Gasteiger partial charge in [-0.25, -0.2) is 0 Å². The number of hydrogen-bond acceptors (Lipinski definition) is 7. The molecule has 1 aromatic carbocycles. The van der Waals surface area contributed by atoms with Gasteiger partial charge in [-0.2, -0.15) is 5.10 Å². The predicted octanol–water partition coefficient (Wildman–Crippen LogP) is 2.71. The van der Waals surface area contributed by atoms with Gasteiger partial charge in [-0.1, -0.05) is 0 Å². The summed E-state index contributed by atoms with van der Waals surface area (Å²) in [4.78, 5) is 37.5. The number of carbonyl (C=O) groups excluding carboxylic acids is 1. The number of nitrogens with zero attached hydrogens (tertiary/aromatic N) is 4. The third-order valence-electron chi connectivity index (χ3n) is 3.68. The van der Waals surface area contributed by atoms with E-state index < -0.39 is 16.8 Å². The number of amides is 1. The van der Waals surface area contributed by atoms with Crippen LogP contribution in [0, 0.1) is 10.1 Å². The van der Waals surface area contributed by atoms with Gasteiger partial charge in [0, 0.05) is 24.5 Å². The minimum atomic E-state index is -0.982. The van der Waals surface area contributed by atoms with Crippen LogP contribution in [0.3, 0.4) is 0 Å². The number of aryl methyl sites for hydroxylation is 1. The third-order valence-corrected chi connectivity index (χ3v) is 3.68. The lowest BCUT2D eigenvalue weighted by molar-refractivity contribution is -0.384. The highest BCUT2D eigenvalue weighted by Gasteiger charge is 2.15. The van der Waals surface area contributed by atoms with Crippen LogP contribution in [0.25, 0.3) is 0 Å². The molecule has 2 heterocycles. The molecule has 0 saturated carbocycles. The minimum absolute atomic E-state index is 0.114. The first kappa shape index (κ1) is 19.5. The topological polar surface area (TPSA) is 149 Å². The Balaban J connectivity index is 1.78. The van der Waals surface area contributed by atoms with E-state index in [0.29, 0.717) is 5.75 Å². The molecule has 1 amide bonds. The number of benzene rings is 1. The number of carboxylic acid groups (broad SMARTS) is 1. The zero-order valence-corrected chi connectivity index (χ0v) is 14.9. The molecule has 3 rings (SSSR count). The number of carbonyl (C=O) groups is 2. The molecule has 0 aliphatic rings. The van der Waals surface area contributed by atoms with Gasteiger partial charge in [0.15, 0.2) is 0 Å². The number of aliphatic carboxylic acids is 1. The maximum atomic E-state index is 12.4. The van der Waals surface area contributed by atoms with Crippen molar-refractivity contribution >= 4 is 23.3 Å². The largest absolute Gasteiger partial charge is 0.481 e. The number of rotatable bonds is 8. The molecular weight excluding hydrogens is 382 g/mol. The van der Waals surface area contributed by atoms with Gasteiger partial charge < -0.3 is 15.2 Å². The molecule has 2 aromatic heterocycles. The lowest BCUT2D eigenvalue weighted by Crippen LogP contribution is -2.11. The van der Waals surface area contributed by atoms with Crippen LogP contribution in [0.1, 0.15) is 16.8 Å². The zero-order chi connectivity index (χ0) is 20.8. The van der Waals surface area contributed by atoms with Crippen molar-refractivity contribution in [1.29, 1.82) is 0 Å². The fourth-order valence-corrected chi connectivity index (χ4v) is 2.38. The van der Waals surface area contributed by atoms with E-state index in [-0.39, 0.29) is 35.7 Å². The van der Waals surface area contributed by atoms with Gasteiger partial charge in [0.1, 0.15) is 11.5 Å². The second-order valence-electron chi connectivity index (χ2n) is 5.85. The van der Waals surface area contributed by atoms with Gasteiger partial charge in [-0.3, -0.25) is 29.4 Å². The average Bonchev–Trinajstić information content (AvgIpc) is 3.16. The second kappa shape index (κ2) is 8.61. The maximum Gasteiger partial charge on any atom is 0.305 e. The number of pyridine rings is 1. The number of non-ortho nitro benzene ring substituents is 1. The van der Waals surface area contributed by atoms with Crippen LogP contribution in [0.5, 0.6) is 11.5 Å². The quantitative estimate of drug-likeness (QED) is 0.435. The average molecular weight is 397 g/mol. The van der Waals surface area contributed by atoms with Crippen molar-refractivity contribution in [3.05, 3.63) is 70.8 Å². The van der Waals surface area contributed by atoms with Gasteiger partial charge in [-0.05, 0) is 12.1 Å². The molecule has 0 radical (unpaired) electrons. The van der Waals surface area contributed by atoms with Crippen molar-refractivity contribution < 1.29 is 24.4 Å². The second-order valence-corrected chi connectivity index (χ2v) is 5.85. The van der Waals surface area contributed by atoms with E-state index in [9.17, 15) is 19.7 Å². The van der Waals surface area contributed by atoms with E-state index in [0.717, 1.165) is 0 Å². The summed E-state index contributed by atoms with van der Waals surface area (Å²) in [6.45, 7) is 0.114. The lowest BCUT2D eigenvalue weighted by Gasteiger charge is -2.08. The van der Waals surface area contributed by atoms with Crippen LogP contribution in [0.2, 0.25) is 0 Å². The Bertz CT molecular complexity index is 1050. The summed E-state index contributed by atoms with van der Waals surface area (Å²) < 4.78 is 6.89. The first-order chi connectivity index (χ1) is 13.9. The van der Waals surface area contributed by atoms with E-state index in [1.54, 1.807) is 18.3 Å². The van der Waals surface area contributed by atoms with E-state index in [4.69, 9.17) is 9.84 Å². The summed E-state index contributed by atoms with van der Waals surface area (Å²) >= 11 is 0. The molecule has 11 heteroatoms. The van der Waals surface area contributed by atoms with Crippen molar-refractivity contribution in [2.24, 2.45) is 0 Å². The van der Waals surface area contributed by atoms with E-state index in [1.165, 1.54) is 41.5 Å². The monoisotopic (exact) mass is 397 g/mol. The molecule has 0 saturated heterocycles. The molecule has 29 heavy (non-hydrogen) atoms. The third kappa shape index (κ3) is 5.35. The van der Waals surface area contributed by atoms with E-state index >= 15 is 0 Å². The molecule has 11 nitrogen and oxygen atoms in total. The molecule has 0 spiro atoms. The summed E-state index contributed by atoms with van der Waals surface area (Å²) in [5.74, 6) is -1.01. The van der Waals surface area contributed by atoms with Crippen LogP contribution in [0.4, 0.5) is 11.4 Å². The van der Waals surface area contributed by atoms with Crippen molar-refractivity contribution in [3.8, 4) is 11.5 Å². The van der Waals surface area contributed by atoms with Crippen molar-refractivity contribution in [2.75, 3.05) is 5.32 Å². The zero-order valence-electron chi connectivity index (χ0n) is 14.9. The number of hydrogen-bond donors (Lipinski definition) is 2. The maximum absolute atomic E-state index is 12.4. The minimum Gasteiger partial charge on any atom is -0.481 e. The highest BCUT2D eigenvalue weighted by atomic mass is 16.6. The number of aromatic nitrogens is 3. The summed E-state index contributed by atoms with van der Waals surface area (Å²) in [5.41, 5.74) is 0.0665. The number of nitrogens with one attached hydrogen (secondary N) is 1. The smallest absolute Gasteiger partial charge is 0.305 e. The summed E-state index contributed by atoms with van der Waals surface area (Å²) in [6, 6.07) is 7.15. The number of carboxylic acids is 1. The Kier molecular flexibility index (Phi) is 5.78. The molecular formula is C18H15N5O6. The molecule has 0 unspecified atom stereocenters. The summed E-state index contributed by atoms with van der Waals surface area (Å²) in [5, 5.41) is 26.4. The Morgan fingerprint density at radius 1 is 1.24 bits per heavy atom. The van der Waals surface area contributed by atoms with Crippen molar-refractivity contribution in [1.82, 2.24) is 14.8 Å². The van der Waals surface area contributed by atoms with Crippen LogP contribution in [-0.4, -0.2) is 36.7 Å². The highest BCUT2D eigenvalue weighted by molar-refractivity contribution is 6.04. The number of nitro benzene ring substituents is 1. The van der Waals surface area contributed by atoms with Crippen LogP contribution < -0.4 is 10.1 Å². The van der Waals surface area contributed by atoms with Gasteiger partial charge in [0.25, 0.3) is 11.6 Å². The van der Waals surface area contributed by atoms with Crippen LogP contribution >= 0.6 is 0 Å². The van der Waals surface area contributed by atoms with Crippen molar-refractivity contribution in [2.45, 2.75) is 13.0 Å². The van der Waals surface area contributed by atoms with Crippen LogP contribution in [0.15, 0.2) is 55.1 Å². The fourth-order valence-electron chi connectivity index (χ4n) is 2.38. The molecule has 0 fully saturated rings. The fraction of sp³-hybridized carbons (Fsp3) is 0.111. The van der Waals surface area contributed by atoms with E-state index in [1.807, 2.05) is 0 Å². The Labute approximate surface area is 163 Å². The normalized spacial score (nSPS) is 10.3. The summed E-state index contributed by atoms with van der Waals surface area (Å²) in [6.07, 6.45) is 5.54. The SMILES string of the molecule is O=C(O)CCn1cc(C(=O)Nc2cc(Oc3cccnc3)cc([N+](=O)[O-])c2)cn1. The van der Waals surface area contributed by atoms with Gasteiger partial charge in [0.2, 0.25) is 0 Å². The first-order valence-electron chi connectivity index (χ1n) is 8.33. The molecule has 2 N–H and O–H groups in total. The van der Waals surface area contributed by atoms with Gasteiger partial charge >= 0.3 is 5.97 Å². The number of nitro groups is 1. The number of anilines is 1. The lowest BCUT2D eigenvalue weighted by atomic mass is 10.2. The highest BCUT2D eigenvalue weighted by Crippen LogP contribution is 2.29. The van der Waals surface area contributed by atoms with Gasteiger partial charge in [0.05, 0.1) is 47.6 Å². The molecule has 0 bridgehead atoms.